The van der Waals surface area contributed by atoms with Crippen molar-refractivity contribution in [1.29, 1.82) is 0 Å². The van der Waals surface area contributed by atoms with E-state index in [-0.39, 0.29) is 11.9 Å². The van der Waals surface area contributed by atoms with Gasteiger partial charge in [0.25, 0.3) is 5.91 Å². The highest BCUT2D eigenvalue weighted by atomic mass is 16.2. The number of nitrogens with two attached hydrogens (primary N) is 1. The van der Waals surface area contributed by atoms with Gasteiger partial charge in [0.05, 0.1) is 11.8 Å². The van der Waals surface area contributed by atoms with E-state index in [4.69, 9.17) is 5.73 Å². The van der Waals surface area contributed by atoms with Crippen molar-refractivity contribution >= 4 is 5.91 Å². The molecule has 1 aromatic heterocycles. The van der Waals surface area contributed by atoms with E-state index in [9.17, 15) is 4.79 Å². The molecule has 5 heteroatoms. The molecule has 0 radical (unpaired) electrons. The number of hydrogen-bond acceptors (Lipinski definition) is 3. The second-order valence-corrected chi connectivity index (χ2v) is 4.52. The highest BCUT2D eigenvalue weighted by Crippen LogP contribution is 2.11. The molecule has 0 aromatic carbocycles. The summed E-state index contributed by atoms with van der Waals surface area (Å²) in [6.07, 6.45) is 2.52. The summed E-state index contributed by atoms with van der Waals surface area (Å²) in [6, 6.07) is 0.189. The monoisotopic (exact) mass is 238 g/mol. The normalized spacial score (nSPS) is 10.9. The lowest BCUT2D eigenvalue weighted by Gasteiger charge is -2.21. The molecule has 1 heterocycles. The third kappa shape index (κ3) is 3.06. The minimum Gasteiger partial charge on any atom is -0.339 e. The van der Waals surface area contributed by atoms with E-state index in [0.29, 0.717) is 12.1 Å². The molecule has 0 atom stereocenters. The van der Waals surface area contributed by atoms with Gasteiger partial charge in [-0.2, -0.15) is 5.10 Å². The molecule has 0 saturated heterocycles. The number of aryl methyl sites for hydroxylation is 1. The third-order valence-electron chi connectivity index (χ3n) is 3.00. The maximum Gasteiger partial charge on any atom is 0.257 e. The SMILES string of the molecule is Cc1c(C(=O)N(C)C(C)C)cnn1CCCN. The number of amides is 1. The number of nitrogens with zero attached hydrogens (tertiary/aromatic N) is 3. The molecular weight excluding hydrogens is 216 g/mol. The summed E-state index contributed by atoms with van der Waals surface area (Å²) >= 11 is 0. The van der Waals surface area contributed by atoms with Gasteiger partial charge in [0.1, 0.15) is 0 Å². The van der Waals surface area contributed by atoms with Gasteiger partial charge in [-0.1, -0.05) is 0 Å². The molecular formula is C12H22N4O. The first-order valence-electron chi connectivity index (χ1n) is 5.98. The predicted molar refractivity (Wildman–Crippen MR) is 67.9 cm³/mol. The van der Waals surface area contributed by atoms with Crippen LogP contribution in [0.5, 0.6) is 0 Å². The summed E-state index contributed by atoms with van der Waals surface area (Å²) in [5.74, 6) is 0.0245. The quantitative estimate of drug-likeness (QED) is 0.833. The van der Waals surface area contributed by atoms with E-state index >= 15 is 0 Å². The topological polar surface area (TPSA) is 64.2 Å². The first-order chi connectivity index (χ1) is 7.99. The van der Waals surface area contributed by atoms with E-state index < -0.39 is 0 Å². The van der Waals surface area contributed by atoms with E-state index in [1.807, 2.05) is 32.5 Å². The van der Waals surface area contributed by atoms with Crippen LogP contribution in [0.3, 0.4) is 0 Å². The van der Waals surface area contributed by atoms with Crippen LogP contribution >= 0.6 is 0 Å². The third-order valence-corrected chi connectivity index (χ3v) is 3.00. The van der Waals surface area contributed by atoms with Crippen LogP contribution in [0.4, 0.5) is 0 Å². The summed E-state index contributed by atoms with van der Waals surface area (Å²) in [5, 5.41) is 4.23. The molecule has 1 rings (SSSR count). The molecule has 5 nitrogen and oxygen atoms in total. The average molecular weight is 238 g/mol. The Labute approximate surface area is 103 Å². The predicted octanol–water partition coefficient (Wildman–Crippen LogP) is 1.02. The van der Waals surface area contributed by atoms with Crippen LogP contribution in [-0.2, 0) is 6.54 Å². The van der Waals surface area contributed by atoms with Gasteiger partial charge < -0.3 is 10.6 Å². The second kappa shape index (κ2) is 5.82. The Hall–Kier alpha value is -1.36. The molecule has 0 spiro atoms. The standard InChI is InChI=1S/C12H22N4O/c1-9(2)15(4)12(17)11-8-14-16(10(11)3)7-5-6-13/h8-9H,5-7,13H2,1-4H3. The number of hydrogen-bond donors (Lipinski definition) is 1. The van der Waals surface area contributed by atoms with Crippen LogP contribution in [0, 0.1) is 6.92 Å². The first kappa shape index (κ1) is 13.7. The smallest absolute Gasteiger partial charge is 0.257 e. The Morgan fingerprint density at radius 2 is 2.24 bits per heavy atom. The summed E-state index contributed by atoms with van der Waals surface area (Å²) in [4.78, 5) is 13.9. The number of carbonyl (C=O) groups excluding carboxylic acids is 1. The lowest BCUT2D eigenvalue weighted by molar-refractivity contribution is 0.0754. The molecule has 0 unspecified atom stereocenters. The molecule has 96 valence electrons. The molecule has 0 fully saturated rings. The fourth-order valence-corrected chi connectivity index (χ4v) is 1.55. The Balaban J connectivity index is 2.85. The molecule has 0 aliphatic rings. The van der Waals surface area contributed by atoms with Crippen molar-refractivity contribution in [1.82, 2.24) is 14.7 Å². The Morgan fingerprint density at radius 1 is 1.59 bits per heavy atom. The zero-order chi connectivity index (χ0) is 13.0. The number of aromatic nitrogens is 2. The first-order valence-corrected chi connectivity index (χ1v) is 5.98. The van der Waals surface area contributed by atoms with E-state index in [2.05, 4.69) is 5.10 Å². The van der Waals surface area contributed by atoms with Gasteiger partial charge in [-0.3, -0.25) is 9.48 Å². The van der Waals surface area contributed by atoms with Gasteiger partial charge in [-0.05, 0) is 33.7 Å². The second-order valence-electron chi connectivity index (χ2n) is 4.52. The van der Waals surface area contributed by atoms with Crippen molar-refractivity contribution in [2.75, 3.05) is 13.6 Å². The Morgan fingerprint density at radius 3 is 2.76 bits per heavy atom. The maximum atomic E-state index is 12.1. The fraction of sp³-hybridized carbons (Fsp3) is 0.667. The van der Waals surface area contributed by atoms with Crippen molar-refractivity contribution < 1.29 is 4.79 Å². The Bertz CT molecular complexity index is 384. The lowest BCUT2D eigenvalue weighted by atomic mass is 10.2. The van der Waals surface area contributed by atoms with Crippen molar-refractivity contribution in [3.05, 3.63) is 17.5 Å². The zero-order valence-electron chi connectivity index (χ0n) is 11.1. The minimum atomic E-state index is 0.0245. The van der Waals surface area contributed by atoms with Crippen LogP contribution < -0.4 is 5.73 Å². The van der Waals surface area contributed by atoms with Gasteiger partial charge in [0, 0.05) is 25.3 Å². The van der Waals surface area contributed by atoms with E-state index in [0.717, 1.165) is 18.7 Å². The largest absolute Gasteiger partial charge is 0.339 e. The van der Waals surface area contributed by atoms with Crippen molar-refractivity contribution in [3.63, 3.8) is 0 Å². The molecule has 0 aliphatic carbocycles. The molecule has 17 heavy (non-hydrogen) atoms. The molecule has 0 aliphatic heterocycles. The summed E-state index contributed by atoms with van der Waals surface area (Å²) < 4.78 is 1.84. The van der Waals surface area contributed by atoms with Crippen molar-refractivity contribution in [2.45, 2.75) is 39.8 Å². The molecule has 1 amide bonds. The van der Waals surface area contributed by atoms with Gasteiger partial charge in [-0.15, -0.1) is 0 Å². The molecule has 1 aromatic rings. The van der Waals surface area contributed by atoms with Crippen molar-refractivity contribution in [3.8, 4) is 0 Å². The zero-order valence-corrected chi connectivity index (χ0v) is 11.1. The lowest BCUT2D eigenvalue weighted by Crippen LogP contribution is -2.33. The summed E-state index contributed by atoms with van der Waals surface area (Å²) in [5.41, 5.74) is 7.06. The van der Waals surface area contributed by atoms with Gasteiger partial charge in [0.2, 0.25) is 0 Å². The van der Waals surface area contributed by atoms with Crippen LogP contribution in [0.1, 0.15) is 36.3 Å². The fourth-order valence-electron chi connectivity index (χ4n) is 1.55. The van der Waals surface area contributed by atoms with Crippen LogP contribution in [0.15, 0.2) is 6.20 Å². The maximum absolute atomic E-state index is 12.1. The van der Waals surface area contributed by atoms with Crippen LogP contribution in [0.25, 0.3) is 0 Å². The van der Waals surface area contributed by atoms with Crippen LogP contribution in [-0.4, -0.2) is 40.2 Å². The number of rotatable bonds is 5. The van der Waals surface area contributed by atoms with E-state index in [1.54, 1.807) is 11.1 Å². The number of carbonyl (C=O) groups is 1. The Kier molecular flexibility index (Phi) is 4.69. The summed E-state index contributed by atoms with van der Waals surface area (Å²) in [7, 11) is 1.81. The minimum absolute atomic E-state index is 0.0245. The van der Waals surface area contributed by atoms with Gasteiger partial charge >= 0.3 is 0 Å². The van der Waals surface area contributed by atoms with Crippen molar-refractivity contribution in [2.24, 2.45) is 5.73 Å². The highest BCUT2D eigenvalue weighted by Gasteiger charge is 2.19. The molecule has 0 saturated carbocycles. The summed E-state index contributed by atoms with van der Waals surface area (Å²) in [6.45, 7) is 7.30. The van der Waals surface area contributed by atoms with Gasteiger partial charge in [0.15, 0.2) is 0 Å². The average Bonchev–Trinajstić information content (AvgIpc) is 2.66. The molecule has 0 bridgehead atoms. The highest BCUT2D eigenvalue weighted by molar-refractivity contribution is 5.95. The van der Waals surface area contributed by atoms with E-state index in [1.165, 1.54) is 0 Å². The van der Waals surface area contributed by atoms with Gasteiger partial charge in [-0.25, -0.2) is 0 Å². The molecule has 2 N–H and O–H groups in total. The van der Waals surface area contributed by atoms with Crippen LogP contribution in [0.2, 0.25) is 0 Å².